The molecule has 3 heteroatoms. The lowest BCUT2D eigenvalue weighted by atomic mass is 10.0. The van der Waals surface area contributed by atoms with E-state index in [1.165, 1.54) is 5.56 Å². The van der Waals surface area contributed by atoms with Crippen LogP contribution in [0.1, 0.15) is 35.3 Å². The van der Waals surface area contributed by atoms with E-state index in [0.717, 1.165) is 17.9 Å². The Morgan fingerprint density at radius 3 is 1.65 bits per heavy atom. The zero-order valence-corrected chi connectivity index (χ0v) is 15.1. The van der Waals surface area contributed by atoms with Crippen LogP contribution in [-0.4, -0.2) is 12.4 Å². The van der Waals surface area contributed by atoms with E-state index in [0.29, 0.717) is 23.5 Å². The Bertz CT molecular complexity index is 847. The summed E-state index contributed by atoms with van der Waals surface area (Å²) < 4.78 is 11.2. The van der Waals surface area contributed by atoms with Gasteiger partial charge in [-0.15, -0.1) is 0 Å². The Kier molecular flexibility index (Phi) is 5.69. The standard InChI is InChI=1S/C23H22O3/c1-3-17-5-7-18(8-6-17)23(24)19-9-11-21(12-10-19)26-22-15-13-20(14-16-22)25-4-2/h5-16H,3-4H2,1-2H3. The van der Waals surface area contributed by atoms with Crippen LogP contribution in [0, 0.1) is 0 Å². The van der Waals surface area contributed by atoms with Gasteiger partial charge in [-0.05, 0) is 67.4 Å². The second kappa shape index (κ2) is 8.34. The summed E-state index contributed by atoms with van der Waals surface area (Å²) in [6, 6.07) is 22.4. The van der Waals surface area contributed by atoms with Gasteiger partial charge < -0.3 is 9.47 Å². The monoisotopic (exact) mass is 346 g/mol. The lowest BCUT2D eigenvalue weighted by Gasteiger charge is -2.08. The van der Waals surface area contributed by atoms with E-state index in [-0.39, 0.29) is 5.78 Å². The van der Waals surface area contributed by atoms with Gasteiger partial charge in [0.2, 0.25) is 0 Å². The molecule has 0 aliphatic carbocycles. The van der Waals surface area contributed by atoms with Crippen LogP contribution in [0.15, 0.2) is 72.8 Å². The van der Waals surface area contributed by atoms with E-state index in [4.69, 9.17) is 9.47 Å². The zero-order chi connectivity index (χ0) is 18.4. The van der Waals surface area contributed by atoms with Gasteiger partial charge in [0.05, 0.1) is 6.61 Å². The summed E-state index contributed by atoms with van der Waals surface area (Å²) in [5.74, 6) is 2.24. The number of rotatable bonds is 7. The molecule has 0 heterocycles. The predicted octanol–water partition coefficient (Wildman–Crippen LogP) is 5.67. The summed E-state index contributed by atoms with van der Waals surface area (Å²) in [6.07, 6.45) is 0.964. The molecule has 3 aromatic rings. The Hall–Kier alpha value is -3.07. The van der Waals surface area contributed by atoms with Crippen LogP contribution in [-0.2, 0) is 6.42 Å². The Morgan fingerprint density at radius 1 is 0.692 bits per heavy atom. The van der Waals surface area contributed by atoms with Gasteiger partial charge in [0.25, 0.3) is 0 Å². The molecule has 132 valence electrons. The van der Waals surface area contributed by atoms with Gasteiger partial charge in [-0.1, -0.05) is 31.2 Å². The fourth-order valence-corrected chi connectivity index (χ4v) is 2.64. The molecule has 0 unspecified atom stereocenters. The topological polar surface area (TPSA) is 35.5 Å². The fraction of sp³-hybridized carbons (Fsp3) is 0.174. The molecule has 0 atom stereocenters. The van der Waals surface area contributed by atoms with Gasteiger partial charge in [0, 0.05) is 11.1 Å². The molecule has 26 heavy (non-hydrogen) atoms. The van der Waals surface area contributed by atoms with Gasteiger partial charge in [-0.3, -0.25) is 4.79 Å². The van der Waals surface area contributed by atoms with Crippen LogP contribution in [0.4, 0.5) is 0 Å². The maximum atomic E-state index is 12.6. The van der Waals surface area contributed by atoms with Crippen LogP contribution >= 0.6 is 0 Å². The zero-order valence-electron chi connectivity index (χ0n) is 15.1. The first-order valence-corrected chi connectivity index (χ1v) is 8.84. The minimum absolute atomic E-state index is 0.0141. The number of aryl methyl sites for hydroxylation is 1. The second-order valence-corrected chi connectivity index (χ2v) is 5.91. The smallest absolute Gasteiger partial charge is 0.193 e. The number of carbonyl (C=O) groups excluding carboxylic acids is 1. The quantitative estimate of drug-likeness (QED) is 0.517. The van der Waals surface area contributed by atoms with E-state index in [1.807, 2.05) is 67.6 Å². The summed E-state index contributed by atoms with van der Waals surface area (Å²) in [7, 11) is 0. The van der Waals surface area contributed by atoms with Crippen molar-refractivity contribution in [2.75, 3.05) is 6.61 Å². The summed E-state index contributed by atoms with van der Waals surface area (Å²) >= 11 is 0. The minimum atomic E-state index is 0.0141. The van der Waals surface area contributed by atoms with E-state index >= 15 is 0 Å². The molecule has 0 fully saturated rings. The first-order valence-electron chi connectivity index (χ1n) is 8.84. The van der Waals surface area contributed by atoms with Gasteiger partial charge in [0.1, 0.15) is 17.2 Å². The van der Waals surface area contributed by atoms with Crippen molar-refractivity contribution >= 4 is 5.78 Å². The highest BCUT2D eigenvalue weighted by molar-refractivity contribution is 6.09. The Balaban J connectivity index is 1.68. The maximum absolute atomic E-state index is 12.6. The molecule has 3 aromatic carbocycles. The lowest BCUT2D eigenvalue weighted by Crippen LogP contribution is -2.01. The molecule has 3 rings (SSSR count). The Morgan fingerprint density at radius 2 is 1.15 bits per heavy atom. The number of ether oxygens (including phenoxy) is 2. The molecule has 0 N–H and O–H groups in total. The van der Waals surface area contributed by atoms with Crippen molar-refractivity contribution in [3.05, 3.63) is 89.5 Å². The number of hydrogen-bond donors (Lipinski definition) is 0. The van der Waals surface area contributed by atoms with Gasteiger partial charge in [0.15, 0.2) is 5.78 Å². The summed E-state index contributed by atoms with van der Waals surface area (Å²) in [5.41, 5.74) is 2.57. The highest BCUT2D eigenvalue weighted by atomic mass is 16.5. The van der Waals surface area contributed by atoms with E-state index in [9.17, 15) is 4.79 Å². The molecule has 0 aliphatic rings. The third-order valence-electron chi connectivity index (χ3n) is 4.11. The molecule has 0 radical (unpaired) electrons. The van der Waals surface area contributed by atoms with Crippen LogP contribution in [0.5, 0.6) is 17.2 Å². The summed E-state index contributed by atoms with van der Waals surface area (Å²) in [4.78, 5) is 12.6. The number of ketones is 1. The van der Waals surface area contributed by atoms with Crippen molar-refractivity contribution in [3.63, 3.8) is 0 Å². The molecule has 0 saturated heterocycles. The largest absolute Gasteiger partial charge is 0.494 e. The molecule has 0 spiro atoms. The third kappa shape index (κ3) is 4.31. The minimum Gasteiger partial charge on any atom is -0.494 e. The molecule has 0 aromatic heterocycles. The highest BCUT2D eigenvalue weighted by Crippen LogP contribution is 2.24. The average molecular weight is 346 g/mol. The summed E-state index contributed by atoms with van der Waals surface area (Å²) in [6.45, 7) is 4.68. The number of carbonyl (C=O) groups is 1. The third-order valence-corrected chi connectivity index (χ3v) is 4.11. The molecule has 3 nitrogen and oxygen atoms in total. The number of hydrogen-bond acceptors (Lipinski definition) is 3. The van der Waals surface area contributed by atoms with Gasteiger partial charge in [-0.25, -0.2) is 0 Å². The average Bonchev–Trinajstić information content (AvgIpc) is 2.70. The van der Waals surface area contributed by atoms with E-state index < -0.39 is 0 Å². The molecule has 0 bridgehead atoms. The second-order valence-electron chi connectivity index (χ2n) is 5.91. The predicted molar refractivity (Wildman–Crippen MR) is 103 cm³/mol. The SMILES string of the molecule is CCOc1ccc(Oc2ccc(C(=O)c3ccc(CC)cc3)cc2)cc1. The lowest BCUT2D eigenvalue weighted by molar-refractivity contribution is 0.103. The first-order chi connectivity index (χ1) is 12.7. The first kappa shape index (κ1) is 17.7. The van der Waals surface area contributed by atoms with Crippen molar-refractivity contribution in [1.29, 1.82) is 0 Å². The molecule has 0 aliphatic heterocycles. The van der Waals surface area contributed by atoms with Crippen molar-refractivity contribution < 1.29 is 14.3 Å². The van der Waals surface area contributed by atoms with Gasteiger partial charge >= 0.3 is 0 Å². The van der Waals surface area contributed by atoms with Crippen molar-refractivity contribution in [2.45, 2.75) is 20.3 Å². The molecule has 0 saturated carbocycles. The number of benzene rings is 3. The molecular formula is C23H22O3. The molecule has 0 amide bonds. The van der Waals surface area contributed by atoms with Crippen molar-refractivity contribution in [3.8, 4) is 17.2 Å². The van der Waals surface area contributed by atoms with Crippen molar-refractivity contribution in [1.82, 2.24) is 0 Å². The summed E-state index contributed by atoms with van der Waals surface area (Å²) in [5, 5.41) is 0. The normalized spacial score (nSPS) is 10.4. The van der Waals surface area contributed by atoms with Crippen LogP contribution in [0.3, 0.4) is 0 Å². The van der Waals surface area contributed by atoms with E-state index in [1.54, 1.807) is 12.1 Å². The van der Waals surface area contributed by atoms with Crippen molar-refractivity contribution in [2.24, 2.45) is 0 Å². The van der Waals surface area contributed by atoms with Crippen LogP contribution < -0.4 is 9.47 Å². The molecular weight excluding hydrogens is 324 g/mol. The van der Waals surface area contributed by atoms with Crippen LogP contribution in [0.2, 0.25) is 0 Å². The van der Waals surface area contributed by atoms with E-state index in [2.05, 4.69) is 6.92 Å². The highest BCUT2D eigenvalue weighted by Gasteiger charge is 2.09. The fourth-order valence-electron chi connectivity index (χ4n) is 2.64. The van der Waals surface area contributed by atoms with Gasteiger partial charge in [-0.2, -0.15) is 0 Å². The van der Waals surface area contributed by atoms with Crippen LogP contribution in [0.25, 0.3) is 0 Å². The maximum Gasteiger partial charge on any atom is 0.193 e. The Labute approximate surface area is 154 Å².